The number of esters is 1. The molecule has 1 aliphatic heterocycles. The second-order valence-corrected chi connectivity index (χ2v) is 6.85. The topological polar surface area (TPSA) is 96.5 Å². The zero-order valence-electron chi connectivity index (χ0n) is 15.9. The fraction of sp³-hybridized carbons (Fsp3) is 0.130. The molecule has 1 aromatic heterocycles. The summed E-state index contributed by atoms with van der Waals surface area (Å²) in [4.78, 5) is 54.6. The fourth-order valence-electron chi connectivity index (χ4n) is 3.42. The Balaban J connectivity index is 1.58. The van der Waals surface area contributed by atoms with Gasteiger partial charge in [-0.25, -0.2) is 4.79 Å². The summed E-state index contributed by atoms with van der Waals surface area (Å²) >= 11 is 0. The predicted octanol–water partition coefficient (Wildman–Crippen LogP) is 2.65. The van der Waals surface area contributed by atoms with E-state index in [9.17, 15) is 19.2 Å². The van der Waals surface area contributed by atoms with E-state index in [0.717, 1.165) is 10.5 Å². The number of imide groups is 1. The van der Waals surface area contributed by atoms with Crippen LogP contribution < -0.4 is 0 Å². The van der Waals surface area contributed by atoms with Crippen LogP contribution in [0.1, 0.15) is 36.8 Å². The molecule has 2 amide bonds. The van der Waals surface area contributed by atoms with E-state index in [1.165, 1.54) is 0 Å². The zero-order chi connectivity index (χ0) is 21.1. The molecule has 0 radical (unpaired) electrons. The van der Waals surface area contributed by atoms with Crippen molar-refractivity contribution in [1.29, 1.82) is 0 Å². The van der Waals surface area contributed by atoms with Gasteiger partial charge in [0, 0.05) is 12.6 Å². The fourth-order valence-corrected chi connectivity index (χ4v) is 3.42. The smallest absolute Gasteiger partial charge is 0.330 e. The highest BCUT2D eigenvalue weighted by Gasteiger charge is 2.43. The number of hydrogen-bond donors (Lipinski definition) is 1. The first-order valence-electron chi connectivity index (χ1n) is 9.40. The predicted molar refractivity (Wildman–Crippen MR) is 107 cm³/mol. The minimum Gasteiger partial charge on any atom is -0.456 e. The van der Waals surface area contributed by atoms with Crippen LogP contribution in [-0.2, 0) is 16.0 Å². The highest BCUT2D eigenvalue weighted by molar-refractivity contribution is 6.22. The van der Waals surface area contributed by atoms with Gasteiger partial charge in [-0.3, -0.25) is 19.3 Å². The lowest BCUT2D eigenvalue weighted by atomic mass is 10.0. The first-order valence-corrected chi connectivity index (χ1v) is 9.40. The van der Waals surface area contributed by atoms with Crippen molar-refractivity contribution in [2.45, 2.75) is 12.5 Å². The van der Waals surface area contributed by atoms with E-state index in [1.807, 2.05) is 6.07 Å². The number of carbonyl (C=O) groups excluding carboxylic acids is 4. The third kappa shape index (κ3) is 3.65. The number of carbonyl (C=O) groups is 4. The summed E-state index contributed by atoms with van der Waals surface area (Å²) in [6.45, 7) is -0.492. The molecule has 0 spiro atoms. The number of hydrogen-bond acceptors (Lipinski definition) is 5. The Kier molecular flexibility index (Phi) is 5.26. The minimum absolute atomic E-state index is 0.0852. The van der Waals surface area contributed by atoms with Crippen LogP contribution in [-0.4, -0.2) is 46.1 Å². The van der Waals surface area contributed by atoms with Crippen LogP contribution in [0.2, 0.25) is 0 Å². The van der Waals surface area contributed by atoms with E-state index in [4.69, 9.17) is 4.74 Å². The van der Waals surface area contributed by atoms with Crippen LogP contribution >= 0.6 is 0 Å². The molecule has 1 N–H and O–H groups in total. The molecule has 0 bridgehead atoms. The molecule has 30 heavy (non-hydrogen) atoms. The zero-order valence-corrected chi connectivity index (χ0v) is 15.9. The summed E-state index contributed by atoms with van der Waals surface area (Å²) in [5, 5.41) is 0. The first-order chi connectivity index (χ1) is 14.6. The van der Waals surface area contributed by atoms with Gasteiger partial charge in [-0.1, -0.05) is 42.5 Å². The van der Waals surface area contributed by atoms with Crippen molar-refractivity contribution in [2.75, 3.05) is 6.61 Å². The SMILES string of the molecule is O=C(COC(=O)C(Cc1ccccc1)N1C(=O)c2ccccc2C1=O)c1ccc[nH]1. The molecule has 7 nitrogen and oxygen atoms in total. The number of aromatic amines is 1. The van der Waals surface area contributed by atoms with Crippen LogP contribution in [0.3, 0.4) is 0 Å². The third-order valence-electron chi connectivity index (χ3n) is 4.92. The Bertz CT molecular complexity index is 1070. The van der Waals surface area contributed by atoms with Gasteiger partial charge < -0.3 is 9.72 Å². The van der Waals surface area contributed by atoms with E-state index >= 15 is 0 Å². The summed E-state index contributed by atoms with van der Waals surface area (Å²) in [6.07, 6.45) is 1.67. The van der Waals surface area contributed by atoms with Crippen molar-refractivity contribution < 1.29 is 23.9 Å². The average molecular weight is 402 g/mol. The lowest BCUT2D eigenvalue weighted by Gasteiger charge is -2.24. The van der Waals surface area contributed by atoms with Gasteiger partial charge in [0.2, 0.25) is 5.78 Å². The van der Waals surface area contributed by atoms with Crippen LogP contribution in [0.15, 0.2) is 72.9 Å². The maximum atomic E-state index is 12.9. The van der Waals surface area contributed by atoms with E-state index in [0.29, 0.717) is 5.69 Å². The molecule has 0 fully saturated rings. The van der Waals surface area contributed by atoms with Crippen molar-refractivity contribution in [2.24, 2.45) is 0 Å². The molecular formula is C23H18N2O5. The van der Waals surface area contributed by atoms with Crippen molar-refractivity contribution in [1.82, 2.24) is 9.88 Å². The van der Waals surface area contributed by atoms with Crippen molar-refractivity contribution in [3.63, 3.8) is 0 Å². The minimum atomic E-state index is -1.18. The summed E-state index contributed by atoms with van der Waals surface area (Å²) in [7, 11) is 0. The van der Waals surface area contributed by atoms with Gasteiger partial charge in [0.1, 0.15) is 6.04 Å². The number of aromatic nitrogens is 1. The summed E-state index contributed by atoms with van der Waals surface area (Å²) in [5.41, 5.74) is 1.56. The number of H-pyrrole nitrogens is 1. The molecule has 0 saturated carbocycles. The highest BCUT2D eigenvalue weighted by atomic mass is 16.5. The normalized spacial score (nSPS) is 13.8. The number of benzene rings is 2. The highest BCUT2D eigenvalue weighted by Crippen LogP contribution is 2.26. The number of nitrogens with zero attached hydrogens (tertiary/aromatic N) is 1. The number of ether oxygens (including phenoxy) is 1. The number of rotatable bonds is 7. The van der Waals surface area contributed by atoms with Gasteiger partial charge in [-0.15, -0.1) is 0 Å². The van der Waals surface area contributed by atoms with Gasteiger partial charge in [-0.2, -0.15) is 0 Å². The van der Waals surface area contributed by atoms with Gasteiger partial charge in [-0.05, 0) is 29.8 Å². The Morgan fingerprint density at radius 3 is 2.10 bits per heavy atom. The lowest BCUT2D eigenvalue weighted by molar-refractivity contribution is -0.147. The van der Waals surface area contributed by atoms with Gasteiger partial charge >= 0.3 is 5.97 Å². The second kappa shape index (κ2) is 8.16. The van der Waals surface area contributed by atoms with Crippen LogP contribution in [0, 0.1) is 0 Å². The molecule has 1 aliphatic rings. The third-order valence-corrected chi connectivity index (χ3v) is 4.92. The molecule has 1 unspecified atom stereocenters. The molecular weight excluding hydrogens is 384 g/mol. The van der Waals surface area contributed by atoms with Crippen molar-refractivity contribution in [3.8, 4) is 0 Å². The molecule has 2 heterocycles. The van der Waals surface area contributed by atoms with Gasteiger partial charge in [0.15, 0.2) is 6.61 Å². The molecule has 150 valence electrons. The van der Waals surface area contributed by atoms with E-state index < -0.39 is 36.2 Å². The lowest BCUT2D eigenvalue weighted by Crippen LogP contribution is -2.47. The molecule has 3 aromatic rings. The Labute approximate surface area is 172 Å². The van der Waals surface area contributed by atoms with E-state index in [1.54, 1.807) is 66.9 Å². The standard InChI is InChI=1S/C23H18N2O5/c26-20(18-11-6-12-24-18)14-30-23(29)19(13-15-7-2-1-3-8-15)25-21(27)16-9-4-5-10-17(16)22(25)28/h1-12,19,24H,13-14H2. The molecule has 0 aliphatic carbocycles. The quantitative estimate of drug-likeness (QED) is 0.372. The largest absolute Gasteiger partial charge is 0.456 e. The first kappa shape index (κ1) is 19.3. The average Bonchev–Trinajstić information content (AvgIpc) is 3.39. The van der Waals surface area contributed by atoms with Crippen LogP contribution in [0.5, 0.6) is 0 Å². The Morgan fingerprint density at radius 2 is 1.50 bits per heavy atom. The number of Topliss-reactive ketones (excluding diaryl/α,β-unsaturated/α-hetero) is 1. The molecule has 1 atom stereocenters. The molecule has 7 heteroatoms. The molecule has 2 aromatic carbocycles. The maximum absolute atomic E-state index is 12.9. The monoisotopic (exact) mass is 402 g/mol. The second-order valence-electron chi connectivity index (χ2n) is 6.85. The number of amides is 2. The number of nitrogens with one attached hydrogen (secondary N) is 1. The van der Waals surface area contributed by atoms with E-state index in [-0.39, 0.29) is 17.5 Å². The Morgan fingerprint density at radius 1 is 0.867 bits per heavy atom. The summed E-state index contributed by atoms with van der Waals surface area (Å²) in [5.74, 6) is -2.32. The van der Waals surface area contributed by atoms with Crippen molar-refractivity contribution >= 4 is 23.6 Å². The van der Waals surface area contributed by atoms with Gasteiger partial charge in [0.05, 0.1) is 16.8 Å². The number of fused-ring (bicyclic) bond motifs is 1. The summed E-state index contributed by atoms with van der Waals surface area (Å²) in [6, 6.07) is 17.5. The van der Waals surface area contributed by atoms with E-state index in [2.05, 4.69) is 4.98 Å². The molecule has 4 rings (SSSR count). The van der Waals surface area contributed by atoms with Crippen molar-refractivity contribution in [3.05, 3.63) is 95.3 Å². The summed E-state index contributed by atoms with van der Waals surface area (Å²) < 4.78 is 5.22. The number of ketones is 1. The Hall–Kier alpha value is -4.00. The molecule has 0 saturated heterocycles. The van der Waals surface area contributed by atoms with Crippen LogP contribution in [0.25, 0.3) is 0 Å². The maximum Gasteiger partial charge on any atom is 0.330 e. The van der Waals surface area contributed by atoms with Gasteiger partial charge in [0.25, 0.3) is 11.8 Å². The van der Waals surface area contributed by atoms with Crippen LogP contribution in [0.4, 0.5) is 0 Å².